The summed E-state index contributed by atoms with van der Waals surface area (Å²) < 4.78 is 0. The van der Waals surface area contributed by atoms with E-state index in [2.05, 4.69) is 10.2 Å². The zero-order valence-electron chi connectivity index (χ0n) is 14.1. The predicted octanol–water partition coefficient (Wildman–Crippen LogP) is 1.79. The molecular formula is C17H26N4O2S. The molecule has 1 saturated heterocycles. The average molecular weight is 350 g/mol. The molecule has 132 valence electrons. The summed E-state index contributed by atoms with van der Waals surface area (Å²) in [5.74, 6) is 0.180. The Balaban J connectivity index is 2.16. The van der Waals surface area contributed by atoms with E-state index in [1.807, 2.05) is 12.3 Å². The first-order valence-corrected chi connectivity index (χ1v) is 9.66. The number of primary amides is 1. The Morgan fingerprint density at radius 2 is 2.00 bits per heavy atom. The van der Waals surface area contributed by atoms with E-state index in [0.29, 0.717) is 17.7 Å². The van der Waals surface area contributed by atoms with Gasteiger partial charge >= 0.3 is 0 Å². The first kappa shape index (κ1) is 18.6. The summed E-state index contributed by atoms with van der Waals surface area (Å²) in [7, 11) is 0. The van der Waals surface area contributed by atoms with Crippen LogP contribution in [0.25, 0.3) is 0 Å². The summed E-state index contributed by atoms with van der Waals surface area (Å²) in [5, 5.41) is 2.84. The van der Waals surface area contributed by atoms with Crippen LogP contribution in [0.5, 0.6) is 0 Å². The molecular weight excluding hydrogens is 324 g/mol. The molecule has 1 atom stereocenters. The van der Waals surface area contributed by atoms with Gasteiger partial charge in [-0.1, -0.05) is 0 Å². The number of hydrogen-bond acceptors (Lipinski definition) is 5. The van der Waals surface area contributed by atoms with Gasteiger partial charge in [-0.3, -0.25) is 9.59 Å². The van der Waals surface area contributed by atoms with Gasteiger partial charge in [-0.05, 0) is 55.9 Å². The highest BCUT2D eigenvalue weighted by molar-refractivity contribution is 7.98. The Kier molecular flexibility index (Phi) is 6.93. The van der Waals surface area contributed by atoms with E-state index in [1.54, 1.807) is 23.9 Å². The lowest BCUT2D eigenvalue weighted by Crippen LogP contribution is -2.36. The molecule has 0 radical (unpaired) electrons. The first-order chi connectivity index (χ1) is 11.5. The van der Waals surface area contributed by atoms with Gasteiger partial charge in [-0.15, -0.1) is 0 Å². The van der Waals surface area contributed by atoms with Crippen molar-refractivity contribution in [3.63, 3.8) is 0 Å². The van der Waals surface area contributed by atoms with E-state index in [1.165, 1.54) is 6.42 Å². The standard InChI is InChI=1S/C17H26N4O2S/c1-24-10-7-14(18)17(23)20-12-5-6-13(16(19)22)15(11-12)21-8-3-2-4-9-21/h5-6,11,14H,2-4,7-10,18H2,1H3,(H2,19,22)(H,20,23)/t14-/m0/s1. The van der Waals surface area contributed by atoms with Gasteiger partial charge in [0.25, 0.3) is 5.91 Å². The number of amides is 2. The molecule has 0 aliphatic carbocycles. The summed E-state index contributed by atoms with van der Waals surface area (Å²) >= 11 is 1.66. The molecule has 1 aliphatic heterocycles. The van der Waals surface area contributed by atoms with Gasteiger partial charge in [0.1, 0.15) is 0 Å². The van der Waals surface area contributed by atoms with Crippen molar-refractivity contribution in [1.82, 2.24) is 0 Å². The molecule has 0 bridgehead atoms. The van der Waals surface area contributed by atoms with Crippen molar-refractivity contribution in [2.75, 3.05) is 35.3 Å². The average Bonchev–Trinajstić information content (AvgIpc) is 2.60. The Morgan fingerprint density at radius 3 is 2.62 bits per heavy atom. The molecule has 1 aromatic carbocycles. The zero-order valence-corrected chi connectivity index (χ0v) is 14.9. The molecule has 5 N–H and O–H groups in total. The van der Waals surface area contributed by atoms with Crippen LogP contribution in [-0.4, -0.2) is 43.0 Å². The van der Waals surface area contributed by atoms with Gasteiger partial charge in [0, 0.05) is 18.8 Å². The number of piperidine rings is 1. The molecule has 1 aliphatic rings. The van der Waals surface area contributed by atoms with Crippen molar-refractivity contribution in [2.45, 2.75) is 31.7 Å². The lowest BCUT2D eigenvalue weighted by molar-refractivity contribution is -0.117. The number of carbonyl (C=O) groups excluding carboxylic acids is 2. The fourth-order valence-corrected chi connectivity index (χ4v) is 3.31. The minimum atomic E-state index is -0.535. The summed E-state index contributed by atoms with van der Waals surface area (Å²) in [5.41, 5.74) is 13.3. The fraction of sp³-hybridized carbons (Fsp3) is 0.529. The van der Waals surface area contributed by atoms with Gasteiger partial charge < -0.3 is 21.7 Å². The lowest BCUT2D eigenvalue weighted by atomic mass is 10.1. The summed E-state index contributed by atoms with van der Waals surface area (Å²) in [6.45, 7) is 1.79. The van der Waals surface area contributed by atoms with E-state index in [9.17, 15) is 9.59 Å². The zero-order chi connectivity index (χ0) is 17.5. The maximum atomic E-state index is 12.2. The molecule has 2 amide bonds. The third kappa shape index (κ3) is 4.88. The van der Waals surface area contributed by atoms with Gasteiger partial charge in [0.15, 0.2) is 0 Å². The van der Waals surface area contributed by atoms with E-state index >= 15 is 0 Å². The summed E-state index contributed by atoms with van der Waals surface area (Å²) in [4.78, 5) is 26.0. The maximum absolute atomic E-state index is 12.2. The van der Waals surface area contributed by atoms with Crippen molar-refractivity contribution < 1.29 is 9.59 Å². The van der Waals surface area contributed by atoms with Crippen LogP contribution in [0.1, 0.15) is 36.0 Å². The number of hydrogen-bond donors (Lipinski definition) is 3. The van der Waals surface area contributed by atoms with Crippen LogP contribution in [0.4, 0.5) is 11.4 Å². The first-order valence-electron chi connectivity index (χ1n) is 8.27. The van der Waals surface area contributed by atoms with Crippen molar-refractivity contribution in [3.05, 3.63) is 23.8 Å². The van der Waals surface area contributed by atoms with Crippen LogP contribution in [-0.2, 0) is 4.79 Å². The minimum absolute atomic E-state index is 0.208. The molecule has 24 heavy (non-hydrogen) atoms. The second-order valence-electron chi connectivity index (χ2n) is 6.02. The van der Waals surface area contributed by atoms with Crippen LogP contribution in [0, 0.1) is 0 Å². The Hall–Kier alpha value is -1.73. The third-order valence-corrected chi connectivity index (χ3v) is 4.84. The van der Waals surface area contributed by atoms with Gasteiger partial charge in [-0.25, -0.2) is 0 Å². The van der Waals surface area contributed by atoms with Crippen molar-refractivity contribution in [3.8, 4) is 0 Å². The van der Waals surface area contributed by atoms with Crippen molar-refractivity contribution in [1.29, 1.82) is 0 Å². The number of carbonyl (C=O) groups is 2. The number of nitrogens with two attached hydrogens (primary N) is 2. The van der Waals surface area contributed by atoms with Crippen LogP contribution in [0.15, 0.2) is 18.2 Å². The van der Waals surface area contributed by atoms with Gasteiger partial charge in [-0.2, -0.15) is 11.8 Å². The van der Waals surface area contributed by atoms with Crippen LogP contribution in [0.3, 0.4) is 0 Å². The van der Waals surface area contributed by atoms with Gasteiger partial charge in [0.2, 0.25) is 5.91 Å². The maximum Gasteiger partial charge on any atom is 0.250 e. The fourth-order valence-electron chi connectivity index (χ4n) is 2.83. The number of anilines is 2. The molecule has 2 rings (SSSR count). The summed E-state index contributed by atoms with van der Waals surface area (Å²) in [6.07, 6.45) is 6.00. The summed E-state index contributed by atoms with van der Waals surface area (Å²) in [6, 6.07) is 4.67. The molecule has 0 spiro atoms. The van der Waals surface area contributed by atoms with Gasteiger partial charge in [0.05, 0.1) is 17.3 Å². The number of rotatable bonds is 7. The smallest absolute Gasteiger partial charge is 0.250 e. The highest BCUT2D eigenvalue weighted by atomic mass is 32.2. The number of nitrogens with zero attached hydrogens (tertiary/aromatic N) is 1. The molecule has 6 nitrogen and oxygen atoms in total. The Bertz CT molecular complexity index is 588. The molecule has 0 saturated carbocycles. The molecule has 1 heterocycles. The quantitative estimate of drug-likeness (QED) is 0.696. The molecule has 0 aromatic heterocycles. The minimum Gasteiger partial charge on any atom is -0.371 e. The molecule has 7 heteroatoms. The van der Waals surface area contributed by atoms with Crippen LogP contribution >= 0.6 is 11.8 Å². The van der Waals surface area contributed by atoms with E-state index in [0.717, 1.165) is 37.4 Å². The molecule has 1 aromatic rings. The topological polar surface area (TPSA) is 101 Å². The van der Waals surface area contributed by atoms with E-state index in [-0.39, 0.29) is 5.91 Å². The number of thioether (sulfide) groups is 1. The van der Waals surface area contributed by atoms with Crippen LogP contribution < -0.4 is 21.7 Å². The Labute approximate surface area is 147 Å². The normalized spacial score (nSPS) is 15.8. The largest absolute Gasteiger partial charge is 0.371 e. The van der Waals surface area contributed by atoms with Crippen molar-refractivity contribution >= 4 is 35.0 Å². The third-order valence-electron chi connectivity index (χ3n) is 4.20. The highest BCUT2D eigenvalue weighted by Gasteiger charge is 2.19. The highest BCUT2D eigenvalue weighted by Crippen LogP contribution is 2.27. The monoisotopic (exact) mass is 350 g/mol. The van der Waals surface area contributed by atoms with Crippen LogP contribution in [0.2, 0.25) is 0 Å². The Morgan fingerprint density at radius 1 is 1.29 bits per heavy atom. The predicted molar refractivity (Wildman–Crippen MR) is 101 cm³/mol. The lowest BCUT2D eigenvalue weighted by Gasteiger charge is -2.30. The number of benzene rings is 1. The SMILES string of the molecule is CSCC[C@H](N)C(=O)Nc1ccc(C(N)=O)c(N2CCCCC2)c1. The number of nitrogens with one attached hydrogen (secondary N) is 1. The van der Waals surface area contributed by atoms with E-state index < -0.39 is 11.9 Å². The molecule has 0 unspecified atom stereocenters. The van der Waals surface area contributed by atoms with E-state index in [4.69, 9.17) is 11.5 Å². The molecule has 1 fully saturated rings. The second-order valence-corrected chi connectivity index (χ2v) is 7.01. The second kappa shape index (κ2) is 8.94. The van der Waals surface area contributed by atoms with Crippen molar-refractivity contribution in [2.24, 2.45) is 11.5 Å².